The van der Waals surface area contributed by atoms with Gasteiger partial charge in [0.2, 0.25) is 5.95 Å². The van der Waals surface area contributed by atoms with Crippen molar-refractivity contribution in [2.75, 3.05) is 0 Å². The first kappa shape index (κ1) is 11.7. The number of aromatic nitrogens is 1. The molecule has 0 aliphatic heterocycles. The number of pyridine rings is 1. The van der Waals surface area contributed by atoms with Gasteiger partial charge in [0.05, 0.1) is 5.02 Å². The Hall–Kier alpha value is -0.770. The monoisotopic (exact) mass is 273 g/mol. The molecule has 2 aromatic rings. The Morgan fingerprint density at radius 3 is 2.69 bits per heavy atom. The van der Waals surface area contributed by atoms with Gasteiger partial charge in [0.1, 0.15) is 5.03 Å². The van der Waals surface area contributed by atoms with E-state index in [2.05, 4.69) is 4.98 Å². The van der Waals surface area contributed by atoms with Crippen molar-refractivity contribution in [2.45, 2.75) is 9.92 Å². The largest absolute Gasteiger partial charge is 0.213 e. The Morgan fingerprint density at radius 1 is 1.12 bits per heavy atom. The standard InChI is InChI=1S/C11H6Cl2FNS/c12-7-4-5-8(13)9(6-7)16-11-3-1-2-10(14)15-11/h1-6H. The minimum absolute atomic E-state index is 0.511. The van der Waals surface area contributed by atoms with Crippen LogP contribution in [0.1, 0.15) is 0 Å². The molecule has 0 bridgehead atoms. The van der Waals surface area contributed by atoms with Crippen molar-refractivity contribution in [3.63, 3.8) is 0 Å². The molecule has 0 atom stereocenters. The minimum atomic E-state index is -0.511. The van der Waals surface area contributed by atoms with Gasteiger partial charge in [0, 0.05) is 9.92 Å². The number of rotatable bonds is 2. The molecule has 1 nitrogen and oxygen atoms in total. The molecule has 0 unspecified atom stereocenters. The Balaban J connectivity index is 2.30. The number of halogens is 3. The number of benzene rings is 1. The van der Waals surface area contributed by atoms with Crippen LogP contribution in [0.3, 0.4) is 0 Å². The van der Waals surface area contributed by atoms with Crippen LogP contribution in [0.2, 0.25) is 10.0 Å². The van der Waals surface area contributed by atoms with E-state index in [1.54, 1.807) is 30.3 Å². The van der Waals surface area contributed by atoms with Gasteiger partial charge in [-0.3, -0.25) is 0 Å². The summed E-state index contributed by atoms with van der Waals surface area (Å²) >= 11 is 13.1. The van der Waals surface area contributed by atoms with Crippen LogP contribution in [-0.4, -0.2) is 4.98 Å². The van der Waals surface area contributed by atoms with Crippen molar-refractivity contribution in [3.8, 4) is 0 Å². The molecule has 0 saturated heterocycles. The maximum absolute atomic E-state index is 12.9. The molecule has 82 valence electrons. The fraction of sp³-hybridized carbons (Fsp3) is 0. The second kappa shape index (κ2) is 5.04. The highest BCUT2D eigenvalue weighted by Gasteiger charge is 2.05. The van der Waals surface area contributed by atoms with Crippen molar-refractivity contribution >= 4 is 35.0 Å². The van der Waals surface area contributed by atoms with Gasteiger partial charge in [-0.05, 0) is 30.3 Å². The molecule has 0 radical (unpaired) electrons. The molecule has 0 spiro atoms. The highest BCUT2D eigenvalue weighted by Crippen LogP contribution is 2.33. The molecule has 0 aliphatic rings. The molecule has 5 heteroatoms. The van der Waals surface area contributed by atoms with E-state index in [-0.39, 0.29) is 0 Å². The topological polar surface area (TPSA) is 12.9 Å². The second-order valence-electron chi connectivity index (χ2n) is 2.98. The molecular formula is C11H6Cl2FNS. The zero-order valence-electron chi connectivity index (χ0n) is 7.95. The lowest BCUT2D eigenvalue weighted by Crippen LogP contribution is -1.84. The third-order valence-corrected chi connectivity index (χ3v) is 3.47. The van der Waals surface area contributed by atoms with Crippen molar-refractivity contribution in [2.24, 2.45) is 0 Å². The summed E-state index contributed by atoms with van der Waals surface area (Å²) in [7, 11) is 0. The van der Waals surface area contributed by atoms with Gasteiger partial charge in [0.25, 0.3) is 0 Å². The molecular weight excluding hydrogens is 268 g/mol. The van der Waals surface area contributed by atoms with Crippen molar-refractivity contribution in [3.05, 3.63) is 52.4 Å². The van der Waals surface area contributed by atoms with E-state index in [1.807, 2.05) is 0 Å². The number of hydrogen-bond donors (Lipinski definition) is 0. The van der Waals surface area contributed by atoms with Gasteiger partial charge in [-0.25, -0.2) is 4.98 Å². The summed E-state index contributed by atoms with van der Waals surface area (Å²) < 4.78 is 12.9. The van der Waals surface area contributed by atoms with Crippen LogP contribution in [0, 0.1) is 5.95 Å². The summed E-state index contributed by atoms with van der Waals surface area (Å²) in [6.07, 6.45) is 0. The van der Waals surface area contributed by atoms with E-state index in [4.69, 9.17) is 23.2 Å². The van der Waals surface area contributed by atoms with Crippen LogP contribution < -0.4 is 0 Å². The third-order valence-electron chi connectivity index (χ3n) is 1.80. The fourth-order valence-corrected chi connectivity index (χ4v) is 2.44. The molecule has 2 rings (SSSR count). The van der Waals surface area contributed by atoms with E-state index < -0.39 is 5.95 Å². The van der Waals surface area contributed by atoms with E-state index in [1.165, 1.54) is 17.8 Å². The molecule has 0 aliphatic carbocycles. The van der Waals surface area contributed by atoms with Crippen LogP contribution >= 0.6 is 35.0 Å². The number of hydrogen-bond acceptors (Lipinski definition) is 2. The maximum Gasteiger partial charge on any atom is 0.213 e. The molecule has 0 N–H and O–H groups in total. The first-order valence-electron chi connectivity index (χ1n) is 4.40. The zero-order chi connectivity index (χ0) is 11.5. The smallest absolute Gasteiger partial charge is 0.213 e. The second-order valence-corrected chi connectivity index (χ2v) is 4.88. The lowest BCUT2D eigenvalue weighted by molar-refractivity contribution is 0.572. The van der Waals surface area contributed by atoms with Gasteiger partial charge < -0.3 is 0 Å². The lowest BCUT2D eigenvalue weighted by Gasteiger charge is -2.03. The first-order chi connectivity index (χ1) is 7.65. The molecule has 16 heavy (non-hydrogen) atoms. The quantitative estimate of drug-likeness (QED) is 0.737. The van der Waals surface area contributed by atoms with Crippen LogP contribution in [0.4, 0.5) is 4.39 Å². The van der Waals surface area contributed by atoms with Crippen molar-refractivity contribution < 1.29 is 4.39 Å². The van der Waals surface area contributed by atoms with E-state index in [0.29, 0.717) is 15.1 Å². The summed E-state index contributed by atoms with van der Waals surface area (Å²) in [5, 5.41) is 1.70. The SMILES string of the molecule is Fc1cccc(Sc2cc(Cl)ccc2Cl)n1. The van der Waals surface area contributed by atoms with Gasteiger partial charge in [-0.15, -0.1) is 0 Å². The summed E-state index contributed by atoms with van der Waals surface area (Å²) in [6.45, 7) is 0. The van der Waals surface area contributed by atoms with Crippen molar-refractivity contribution in [1.29, 1.82) is 0 Å². The molecule has 1 aromatic heterocycles. The predicted molar refractivity (Wildman–Crippen MR) is 64.8 cm³/mol. The highest BCUT2D eigenvalue weighted by atomic mass is 35.5. The van der Waals surface area contributed by atoms with Crippen LogP contribution in [0.15, 0.2) is 46.3 Å². The minimum Gasteiger partial charge on any atom is -0.213 e. The third kappa shape index (κ3) is 2.88. The fourth-order valence-electron chi connectivity index (χ4n) is 1.11. The average molecular weight is 274 g/mol. The zero-order valence-corrected chi connectivity index (χ0v) is 10.3. The van der Waals surface area contributed by atoms with Gasteiger partial charge >= 0.3 is 0 Å². The molecule has 1 aromatic carbocycles. The Kier molecular flexibility index (Phi) is 3.69. The molecule has 0 amide bonds. The summed E-state index contributed by atoms with van der Waals surface area (Å²) in [6, 6.07) is 9.73. The Labute approximate surface area is 107 Å². The molecule has 0 fully saturated rings. The maximum atomic E-state index is 12.9. The van der Waals surface area contributed by atoms with Crippen LogP contribution in [0.25, 0.3) is 0 Å². The lowest BCUT2D eigenvalue weighted by atomic mass is 10.4. The highest BCUT2D eigenvalue weighted by molar-refractivity contribution is 7.99. The molecule has 1 heterocycles. The van der Waals surface area contributed by atoms with E-state index in [9.17, 15) is 4.39 Å². The van der Waals surface area contributed by atoms with Crippen LogP contribution in [0.5, 0.6) is 0 Å². The Morgan fingerprint density at radius 2 is 1.94 bits per heavy atom. The normalized spacial score (nSPS) is 10.4. The van der Waals surface area contributed by atoms with E-state index >= 15 is 0 Å². The van der Waals surface area contributed by atoms with E-state index in [0.717, 1.165) is 4.90 Å². The summed E-state index contributed by atoms with van der Waals surface area (Å²) in [4.78, 5) is 4.49. The van der Waals surface area contributed by atoms with Gasteiger partial charge in [-0.2, -0.15) is 4.39 Å². The number of nitrogens with zero attached hydrogens (tertiary/aromatic N) is 1. The summed E-state index contributed by atoms with van der Waals surface area (Å²) in [5.41, 5.74) is 0. The van der Waals surface area contributed by atoms with Crippen LogP contribution in [-0.2, 0) is 0 Å². The first-order valence-corrected chi connectivity index (χ1v) is 5.98. The summed E-state index contributed by atoms with van der Waals surface area (Å²) in [5.74, 6) is -0.511. The van der Waals surface area contributed by atoms with Gasteiger partial charge in [0.15, 0.2) is 0 Å². The van der Waals surface area contributed by atoms with Crippen molar-refractivity contribution in [1.82, 2.24) is 4.98 Å². The Bertz CT molecular complexity index is 519. The predicted octanol–water partition coefficient (Wildman–Crippen LogP) is 4.68. The average Bonchev–Trinajstić information content (AvgIpc) is 2.24. The van der Waals surface area contributed by atoms with Gasteiger partial charge in [-0.1, -0.05) is 41.0 Å². The molecule has 0 saturated carbocycles.